The molecule has 0 saturated carbocycles. The maximum atomic E-state index is 15.5. The highest BCUT2D eigenvalue weighted by atomic mass is 19.1. The molecule has 0 unspecified atom stereocenters. The summed E-state index contributed by atoms with van der Waals surface area (Å²) in [5.41, 5.74) is 8.10. The summed E-state index contributed by atoms with van der Waals surface area (Å²) in [6.07, 6.45) is 0.357. The number of nitrogens with two attached hydrogens (primary N) is 1. The SMILES string of the molecule is Cc1cc(C)c(C(=O)N2CCC(F)(c3ccccc3C#N)CC2)cc1N. The number of anilines is 1. The normalized spacial score (nSPS) is 16.2. The molecule has 4 nitrogen and oxygen atoms in total. The summed E-state index contributed by atoms with van der Waals surface area (Å²) in [7, 11) is 0. The number of amides is 1. The minimum Gasteiger partial charge on any atom is -0.398 e. The number of nitrogens with zero attached hydrogens (tertiary/aromatic N) is 2. The second-order valence-corrected chi connectivity index (χ2v) is 6.94. The van der Waals surface area contributed by atoms with E-state index in [4.69, 9.17) is 5.73 Å². The predicted octanol–water partition coefficient (Wildman–Crippen LogP) is 3.86. The molecule has 0 radical (unpaired) electrons. The first-order chi connectivity index (χ1) is 12.4. The van der Waals surface area contributed by atoms with Gasteiger partial charge in [-0.1, -0.05) is 24.3 Å². The molecule has 5 heteroatoms. The summed E-state index contributed by atoms with van der Waals surface area (Å²) < 4.78 is 15.5. The first-order valence-corrected chi connectivity index (χ1v) is 8.70. The number of benzene rings is 2. The maximum Gasteiger partial charge on any atom is 0.254 e. The molecule has 3 rings (SSSR count). The molecular formula is C21H22FN3O. The monoisotopic (exact) mass is 351 g/mol. The number of rotatable bonds is 2. The lowest BCUT2D eigenvalue weighted by Gasteiger charge is -2.37. The van der Waals surface area contributed by atoms with Crippen LogP contribution in [0.1, 0.15) is 45.5 Å². The molecule has 0 aliphatic carbocycles. The third kappa shape index (κ3) is 3.15. The van der Waals surface area contributed by atoms with E-state index in [1.807, 2.05) is 19.9 Å². The Kier molecular flexibility index (Phi) is 4.69. The van der Waals surface area contributed by atoms with Gasteiger partial charge in [-0.25, -0.2) is 4.39 Å². The number of likely N-dealkylation sites (tertiary alicyclic amines) is 1. The average Bonchev–Trinajstić information content (AvgIpc) is 2.64. The summed E-state index contributed by atoms with van der Waals surface area (Å²) in [5, 5.41) is 9.24. The van der Waals surface area contributed by atoms with Gasteiger partial charge in [0.15, 0.2) is 0 Å². The van der Waals surface area contributed by atoms with E-state index < -0.39 is 5.67 Å². The van der Waals surface area contributed by atoms with Crippen LogP contribution in [-0.2, 0) is 5.67 Å². The van der Waals surface area contributed by atoms with Gasteiger partial charge in [0.25, 0.3) is 5.91 Å². The van der Waals surface area contributed by atoms with Crippen LogP contribution in [0.15, 0.2) is 36.4 Å². The van der Waals surface area contributed by atoms with Crippen LogP contribution in [0, 0.1) is 25.2 Å². The smallest absolute Gasteiger partial charge is 0.254 e. The van der Waals surface area contributed by atoms with Crippen LogP contribution in [0.3, 0.4) is 0 Å². The fourth-order valence-electron chi connectivity index (χ4n) is 3.57. The van der Waals surface area contributed by atoms with Crippen molar-refractivity contribution < 1.29 is 9.18 Å². The second-order valence-electron chi connectivity index (χ2n) is 6.94. The average molecular weight is 351 g/mol. The molecule has 1 saturated heterocycles. The van der Waals surface area contributed by atoms with Crippen LogP contribution < -0.4 is 5.73 Å². The van der Waals surface area contributed by atoms with E-state index in [1.165, 1.54) is 0 Å². The molecule has 1 amide bonds. The zero-order valence-corrected chi connectivity index (χ0v) is 15.1. The van der Waals surface area contributed by atoms with Gasteiger partial charge in [-0.15, -0.1) is 0 Å². The van der Waals surface area contributed by atoms with Gasteiger partial charge in [0.05, 0.1) is 11.6 Å². The summed E-state index contributed by atoms with van der Waals surface area (Å²) in [4.78, 5) is 14.5. The second kappa shape index (κ2) is 6.80. The topological polar surface area (TPSA) is 70.1 Å². The van der Waals surface area contributed by atoms with Crippen molar-refractivity contribution in [3.63, 3.8) is 0 Å². The zero-order chi connectivity index (χ0) is 18.9. The molecule has 0 bridgehead atoms. The number of hydrogen-bond donors (Lipinski definition) is 1. The highest BCUT2D eigenvalue weighted by molar-refractivity contribution is 5.96. The van der Waals surface area contributed by atoms with Crippen molar-refractivity contribution in [2.24, 2.45) is 0 Å². The Morgan fingerprint density at radius 2 is 1.85 bits per heavy atom. The Bertz CT molecular complexity index is 893. The van der Waals surface area contributed by atoms with Gasteiger partial charge in [0, 0.05) is 42.7 Å². The van der Waals surface area contributed by atoms with Crippen molar-refractivity contribution in [3.05, 3.63) is 64.2 Å². The standard InChI is InChI=1S/C21H22FN3O/c1-14-11-15(2)19(24)12-17(14)20(26)25-9-7-21(22,8-10-25)18-6-4-3-5-16(18)13-23/h3-6,11-12H,7-10,24H2,1-2H3. The molecule has 1 aliphatic rings. The molecule has 0 aromatic heterocycles. The number of nitriles is 1. The summed E-state index contributed by atoms with van der Waals surface area (Å²) in [6, 6.07) is 12.4. The van der Waals surface area contributed by atoms with E-state index in [1.54, 1.807) is 35.2 Å². The Labute approximate surface area is 153 Å². The van der Waals surface area contributed by atoms with E-state index in [0.717, 1.165) is 11.1 Å². The molecule has 2 aromatic carbocycles. The van der Waals surface area contributed by atoms with Crippen molar-refractivity contribution in [3.8, 4) is 6.07 Å². The van der Waals surface area contributed by atoms with Gasteiger partial charge in [0.2, 0.25) is 0 Å². The lowest BCUT2D eigenvalue weighted by atomic mass is 9.83. The van der Waals surface area contributed by atoms with Gasteiger partial charge in [-0.05, 0) is 37.1 Å². The third-order valence-corrected chi connectivity index (χ3v) is 5.22. The first kappa shape index (κ1) is 17.9. The molecule has 1 fully saturated rings. The Morgan fingerprint density at radius 3 is 2.50 bits per heavy atom. The van der Waals surface area contributed by atoms with E-state index in [2.05, 4.69) is 6.07 Å². The summed E-state index contributed by atoms with van der Waals surface area (Å²) >= 11 is 0. The molecule has 1 aliphatic heterocycles. The number of piperidine rings is 1. The molecule has 2 aromatic rings. The van der Waals surface area contributed by atoms with E-state index in [-0.39, 0.29) is 18.7 Å². The van der Waals surface area contributed by atoms with Crippen molar-refractivity contribution in [2.45, 2.75) is 32.4 Å². The van der Waals surface area contributed by atoms with Gasteiger partial charge in [0.1, 0.15) is 5.67 Å². The molecule has 26 heavy (non-hydrogen) atoms. The Hall–Kier alpha value is -2.87. The molecule has 2 N–H and O–H groups in total. The molecule has 0 atom stereocenters. The largest absolute Gasteiger partial charge is 0.398 e. The van der Waals surface area contributed by atoms with Crippen LogP contribution in [0.25, 0.3) is 0 Å². The van der Waals surface area contributed by atoms with E-state index in [0.29, 0.717) is 35.5 Å². The highest BCUT2D eigenvalue weighted by Gasteiger charge is 2.39. The van der Waals surface area contributed by atoms with Gasteiger partial charge in [-0.3, -0.25) is 4.79 Å². The number of halogens is 1. The third-order valence-electron chi connectivity index (χ3n) is 5.22. The zero-order valence-electron chi connectivity index (χ0n) is 15.1. The Morgan fingerprint density at radius 1 is 1.19 bits per heavy atom. The summed E-state index contributed by atoms with van der Waals surface area (Å²) in [6.45, 7) is 4.40. The molecule has 134 valence electrons. The fraction of sp³-hybridized carbons (Fsp3) is 0.333. The molecular weight excluding hydrogens is 329 g/mol. The van der Waals surface area contributed by atoms with Crippen LogP contribution in [0.2, 0.25) is 0 Å². The van der Waals surface area contributed by atoms with E-state index >= 15 is 4.39 Å². The van der Waals surface area contributed by atoms with Crippen molar-refractivity contribution in [1.82, 2.24) is 4.90 Å². The van der Waals surface area contributed by atoms with Crippen molar-refractivity contribution in [1.29, 1.82) is 5.26 Å². The van der Waals surface area contributed by atoms with Crippen molar-refractivity contribution in [2.75, 3.05) is 18.8 Å². The van der Waals surface area contributed by atoms with Gasteiger partial charge >= 0.3 is 0 Å². The minimum absolute atomic E-state index is 0.121. The molecule has 0 spiro atoms. The van der Waals surface area contributed by atoms with Gasteiger partial charge < -0.3 is 10.6 Å². The molecule has 1 heterocycles. The Balaban J connectivity index is 1.79. The van der Waals surface area contributed by atoms with Crippen LogP contribution >= 0.6 is 0 Å². The van der Waals surface area contributed by atoms with Crippen LogP contribution in [0.5, 0.6) is 0 Å². The number of hydrogen-bond acceptors (Lipinski definition) is 3. The van der Waals surface area contributed by atoms with E-state index in [9.17, 15) is 10.1 Å². The highest BCUT2D eigenvalue weighted by Crippen LogP contribution is 2.39. The summed E-state index contributed by atoms with van der Waals surface area (Å²) in [5.74, 6) is -0.121. The number of carbonyl (C=O) groups is 1. The number of alkyl halides is 1. The predicted molar refractivity (Wildman–Crippen MR) is 99.4 cm³/mol. The quantitative estimate of drug-likeness (QED) is 0.835. The van der Waals surface area contributed by atoms with Crippen LogP contribution in [0.4, 0.5) is 10.1 Å². The first-order valence-electron chi connectivity index (χ1n) is 8.70. The number of aryl methyl sites for hydroxylation is 2. The lowest BCUT2D eigenvalue weighted by Crippen LogP contribution is -2.43. The lowest BCUT2D eigenvalue weighted by molar-refractivity contribution is 0.0420. The van der Waals surface area contributed by atoms with Crippen molar-refractivity contribution >= 4 is 11.6 Å². The fourth-order valence-corrected chi connectivity index (χ4v) is 3.57. The maximum absolute atomic E-state index is 15.5. The minimum atomic E-state index is -1.58. The number of carbonyl (C=O) groups excluding carboxylic acids is 1. The van der Waals surface area contributed by atoms with Crippen LogP contribution in [-0.4, -0.2) is 23.9 Å². The van der Waals surface area contributed by atoms with Gasteiger partial charge in [-0.2, -0.15) is 5.26 Å². The number of nitrogen functional groups attached to an aromatic ring is 1.